The van der Waals surface area contributed by atoms with Crippen molar-refractivity contribution in [2.45, 2.75) is 6.54 Å². The Bertz CT molecular complexity index is 992. The molecule has 26 heavy (non-hydrogen) atoms. The smallest absolute Gasteiger partial charge is 0.290 e. The zero-order chi connectivity index (χ0) is 18.1. The molecule has 1 amide bonds. The van der Waals surface area contributed by atoms with Crippen LogP contribution >= 0.6 is 22.9 Å². The molecule has 1 N–H and O–H groups in total. The van der Waals surface area contributed by atoms with E-state index >= 15 is 0 Å². The van der Waals surface area contributed by atoms with Gasteiger partial charge in [0.15, 0.2) is 11.2 Å². The molecular formula is C19H18ClN2O3S+. The molecule has 1 aliphatic heterocycles. The molecule has 0 spiro atoms. The van der Waals surface area contributed by atoms with Gasteiger partial charge in [-0.2, -0.15) is 0 Å². The lowest BCUT2D eigenvalue weighted by atomic mass is 10.2. The third kappa shape index (κ3) is 3.53. The Labute approximate surface area is 159 Å². The third-order valence-electron chi connectivity index (χ3n) is 4.66. The Morgan fingerprint density at radius 1 is 1.23 bits per heavy atom. The first-order valence-corrected chi connectivity index (χ1v) is 9.74. The number of carbonyl (C=O) groups is 1. The number of rotatable bonds is 3. The molecule has 5 nitrogen and oxygen atoms in total. The molecule has 4 rings (SSSR count). The minimum Gasteiger partial charge on any atom is -0.451 e. The highest BCUT2D eigenvalue weighted by Gasteiger charge is 2.26. The summed E-state index contributed by atoms with van der Waals surface area (Å²) in [6, 6.07) is 10.3. The minimum atomic E-state index is -0.251. The number of quaternary nitrogens is 1. The van der Waals surface area contributed by atoms with Crippen molar-refractivity contribution in [3.63, 3.8) is 0 Å². The van der Waals surface area contributed by atoms with Crippen molar-refractivity contribution < 1.29 is 14.1 Å². The van der Waals surface area contributed by atoms with Gasteiger partial charge in [0.05, 0.1) is 36.4 Å². The van der Waals surface area contributed by atoms with Crippen LogP contribution in [0.25, 0.3) is 11.0 Å². The third-order valence-corrected chi connectivity index (χ3v) is 5.77. The molecule has 1 fully saturated rings. The van der Waals surface area contributed by atoms with Gasteiger partial charge < -0.3 is 14.2 Å². The molecule has 3 aromatic rings. The lowest BCUT2D eigenvalue weighted by molar-refractivity contribution is -0.917. The van der Waals surface area contributed by atoms with Crippen LogP contribution in [0.4, 0.5) is 0 Å². The Hall–Kier alpha value is -2.15. The molecule has 1 aromatic carbocycles. The highest BCUT2D eigenvalue weighted by molar-refractivity contribution is 7.09. The SMILES string of the molecule is O=C(c1cc(=O)c2cc(Cl)ccc2o1)N1CC[NH+](Cc2cccs2)CC1. The summed E-state index contributed by atoms with van der Waals surface area (Å²) in [6.45, 7) is 4.07. The number of thiophene rings is 1. The van der Waals surface area contributed by atoms with Gasteiger partial charge >= 0.3 is 0 Å². The molecule has 3 heterocycles. The van der Waals surface area contributed by atoms with Gasteiger partial charge in [0.2, 0.25) is 0 Å². The van der Waals surface area contributed by atoms with E-state index in [9.17, 15) is 9.59 Å². The summed E-state index contributed by atoms with van der Waals surface area (Å²) in [7, 11) is 0. The van der Waals surface area contributed by atoms with Crippen LogP contribution in [0.5, 0.6) is 0 Å². The predicted octanol–water partition coefficient (Wildman–Crippen LogP) is 2.05. The predicted molar refractivity (Wildman–Crippen MR) is 102 cm³/mol. The van der Waals surface area contributed by atoms with Crippen molar-refractivity contribution in [1.29, 1.82) is 0 Å². The van der Waals surface area contributed by atoms with Crippen LogP contribution in [0.15, 0.2) is 51.0 Å². The molecule has 0 radical (unpaired) electrons. The van der Waals surface area contributed by atoms with Crippen LogP contribution in [0.3, 0.4) is 0 Å². The summed E-state index contributed by atoms with van der Waals surface area (Å²) >= 11 is 7.69. The van der Waals surface area contributed by atoms with Crippen LogP contribution < -0.4 is 10.3 Å². The number of halogens is 1. The molecule has 0 unspecified atom stereocenters. The second-order valence-corrected chi connectivity index (χ2v) is 7.88. The molecule has 134 valence electrons. The first-order valence-electron chi connectivity index (χ1n) is 8.49. The lowest BCUT2D eigenvalue weighted by Crippen LogP contribution is -3.13. The van der Waals surface area contributed by atoms with Crippen LogP contribution in [-0.2, 0) is 6.54 Å². The number of fused-ring (bicyclic) bond motifs is 1. The molecule has 2 aromatic heterocycles. The number of piperazine rings is 1. The largest absolute Gasteiger partial charge is 0.451 e. The van der Waals surface area contributed by atoms with Crippen LogP contribution in [0, 0.1) is 0 Å². The van der Waals surface area contributed by atoms with E-state index in [1.54, 1.807) is 34.4 Å². The molecule has 7 heteroatoms. The molecule has 0 atom stereocenters. The Morgan fingerprint density at radius 2 is 2.04 bits per heavy atom. The van der Waals surface area contributed by atoms with Gasteiger partial charge in [0.25, 0.3) is 5.91 Å². The number of hydrogen-bond acceptors (Lipinski definition) is 4. The van der Waals surface area contributed by atoms with Crippen molar-refractivity contribution in [3.05, 3.63) is 67.7 Å². The summed E-state index contributed by atoms with van der Waals surface area (Å²) < 4.78 is 5.67. The van der Waals surface area contributed by atoms with Crippen LogP contribution in [0.2, 0.25) is 5.02 Å². The molecule has 0 aliphatic carbocycles. The average molecular weight is 390 g/mol. The maximum Gasteiger partial charge on any atom is 0.290 e. The number of nitrogens with one attached hydrogen (secondary N) is 1. The normalized spacial score (nSPS) is 15.5. The Morgan fingerprint density at radius 3 is 2.77 bits per heavy atom. The van der Waals surface area contributed by atoms with Gasteiger partial charge in [-0.05, 0) is 29.6 Å². The number of carbonyl (C=O) groups excluding carboxylic acids is 1. The van der Waals surface area contributed by atoms with Gasteiger partial charge in [0.1, 0.15) is 12.1 Å². The van der Waals surface area contributed by atoms with Crippen molar-refractivity contribution in [1.82, 2.24) is 4.90 Å². The summed E-state index contributed by atoms with van der Waals surface area (Å²) in [6.07, 6.45) is 0. The van der Waals surface area contributed by atoms with Gasteiger partial charge in [-0.1, -0.05) is 17.7 Å². The zero-order valence-electron chi connectivity index (χ0n) is 14.0. The number of nitrogens with zero attached hydrogens (tertiary/aromatic N) is 1. The van der Waals surface area contributed by atoms with Crippen molar-refractivity contribution in [2.75, 3.05) is 26.2 Å². The highest BCUT2D eigenvalue weighted by Crippen LogP contribution is 2.18. The summed E-state index contributed by atoms with van der Waals surface area (Å²) in [5, 5.41) is 2.94. The molecule has 0 bridgehead atoms. The minimum absolute atomic E-state index is 0.0894. The van der Waals surface area contributed by atoms with Crippen molar-refractivity contribution in [3.8, 4) is 0 Å². The zero-order valence-corrected chi connectivity index (χ0v) is 15.6. The average Bonchev–Trinajstić information content (AvgIpc) is 3.15. The van der Waals surface area contributed by atoms with E-state index in [2.05, 4.69) is 17.5 Å². The number of amides is 1. The van der Waals surface area contributed by atoms with Gasteiger partial charge in [-0.25, -0.2) is 0 Å². The van der Waals surface area contributed by atoms with E-state index in [4.69, 9.17) is 16.0 Å². The second-order valence-electron chi connectivity index (χ2n) is 6.41. The maximum absolute atomic E-state index is 12.7. The van der Waals surface area contributed by atoms with E-state index in [0.717, 1.165) is 19.6 Å². The van der Waals surface area contributed by atoms with E-state index in [0.29, 0.717) is 29.1 Å². The fourth-order valence-corrected chi connectivity index (χ4v) is 4.20. The first-order chi connectivity index (χ1) is 12.6. The van der Waals surface area contributed by atoms with Crippen molar-refractivity contribution >= 4 is 39.8 Å². The lowest BCUT2D eigenvalue weighted by Gasteiger charge is -2.31. The van der Waals surface area contributed by atoms with Crippen molar-refractivity contribution in [2.24, 2.45) is 0 Å². The molecule has 0 saturated carbocycles. The quantitative estimate of drug-likeness (QED) is 0.746. The molecular weight excluding hydrogens is 372 g/mol. The second kappa shape index (κ2) is 7.23. The van der Waals surface area contributed by atoms with Crippen LogP contribution in [0.1, 0.15) is 15.4 Å². The van der Waals surface area contributed by atoms with E-state index in [-0.39, 0.29) is 17.1 Å². The fraction of sp³-hybridized carbons (Fsp3) is 0.263. The fourth-order valence-electron chi connectivity index (χ4n) is 3.25. The number of benzene rings is 1. The monoisotopic (exact) mass is 389 g/mol. The van der Waals surface area contributed by atoms with E-state index in [1.807, 2.05) is 0 Å². The van der Waals surface area contributed by atoms with E-state index < -0.39 is 0 Å². The van der Waals surface area contributed by atoms with Gasteiger partial charge in [-0.15, -0.1) is 11.3 Å². The highest BCUT2D eigenvalue weighted by atomic mass is 35.5. The van der Waals surface area contributed by atoms with Gasteiger partial charge in [-0.3, -0.25) is 9.59 Å². The topological polar surface area (TPSA) is 55.0 Å². The maximum atomic E-state index is 12.7. The van der Waals surface area contributed by atoms with Crippen LogP contribution in [-0.4, -0.2) is 37.0 Å². The van der Waals surface area contributed by atoms with Gasteiger partial charge in [0, 0.05) is 11.1 Å². The number of hydrogen-bond donors (Lipinski definition) is 1. The first kappa shape index (κ1) is 17.3. The summed E-state index contributed by atoms with van der Waals surface area (Å²) in [5.74, 6) is -0.138. The Kier molecular flexibility index (Phi) is 4.80. The standard InChI is InChI=1S/C19H17ClN2O3S/c20-13-3-4-17-15(10-13)16(23)11-18(25-17)19(24)22-7-5-21(6-8-22)12-14-2-1-9-26-14/h1-4,9-11H,5-8,12H2/p+1. The Balaban J connectivity index is 1.47. The molecule has 1 aliphatic rings. The summed E-state index contributed by atoms with van der Waals surface area (Å²) in [5.41, 5.74) is 0.131. The van der Waals surface area contributed by atoms with E-state index in [1.165, 1.54) is 15.8 Å². The summed E-state index contributed by atoms with van der Waals surface area (Å²) in [4.78, 5) is 29.6. The molecule has 1 saturated heterocycles.